The summed E-state index contributed by atoms with van der Waals surface area (Å²) in [5.74, 6) is -4.22. The second kappa shape index (κ2) is 23.5. The number of aromatic carboxylic acids is 2. The number of hydrazone groups is 2. The van der Waals surface area contributed by atoms with Gasteiger partial charge in [-0.15, -0.1) is 0 Å². The Kier molecular flexibility index (Phi) is 16.9. The van der Waals surface area contributed by atoms with Gasteiger partial charge in [0.05, 0.1) is 56.7 Å². The van der Waals surface area contributed by atoms with E-state index in [4.69, 9.17) is 0 Å². The van der Waals surface area contributed by atoms with Crippen LogP contribution in [-0.4, -0.2) is 115 Å². The van der Waals surface area contributed by atoms with Crippen molar-refractivity contribution in [2.45, 2.75) is 45.5 Å². The van der Waals surface area contributed by atoms with E-state index in [1.807, 2.05) is 0 Å². The summed E-state index contributed by atoms with van der Waals surface area (Å²) >= 11 is 0. The van der Waals surface area contributed by atoms with Gasteiger partial charge in [0.1, 0.15) is 19.6 Å². The number of carbonyl (C=O) groups is 5. The molecule has 84 heavy (non-hydrogen) atoms. The molecule has 2 heterocycles. The lowest BCUT2D eigenvalue weighted by atomic mass is 10.1. The van der Waals surface area contributed by atoms with Crippen molar-refractivity contribution in [3.63, 3.8) is 0 Å². The van der Waals surface area contributed by atoms with Crippen molar-refractivity contribution in [1.82, 2.24) is 0 Å². The maximum atomic E-state index is 13.4. The van der Waals surface area contributed by atoms with Crippen molar-refractivity contribution in [1.29, 1.82) is 0 Å². The Balaban J connectivity index is 0.977. The number of hydrogen-bond donors (Lipinski definition) is 8. The fourth-order valence-electron chi connectivity index (χ4n) is 8.07. The van der Waals surface area contributed by atoms with E-state index < -0.39 is 113 Å². The van der Waals surface area contributed by atoms with Crippen molar-refractivity contribution in [2.24, 2.45) is 30.7 Å². The number of nitrogens with one attached hydrogen (secondary N) is 2. The first-order chi connectivity index (χ1) is 39.4. The molecule has 0 aliphatic carbocycles. The van der Waals surface area contributed by atoms with Gasteiger partial charge >= 0.3 is 18.0 Å². The second-order valence-corrected chi connectivity index (χ2v) is 23.3. The van der Waals surface area contributed by atoms with Crippen LogP contribution in [0.25, 0.3) is 24.3 Å². The summed E-state index contributed by atoms with van der Waals surface area (Å²) in [6.07, 6.45) is 4.52. The van der Waals surface area contributed by atoms with Crippen molar-refractivity contribution in [3.8, 4) is 0 Å². The average molecular weight is 1230 g/mol. The van der Waals surface area contributed by atoms with Gasteiger partial charge in [-0.1, -0.05) is 72.8 Å². The molecular weight excluding hydrogens is 1180 g/mol. The van der Waals surface area contributed by atoms with Crippen LogP contribution in [0.1, 0.15) is 56.8 Å². The number of amides is 4. The molecular formula is C51H40N10O19S4. The molecule has 0 saturated heterocycles. The van der Waals surface area contributed by atoms with Gasteiger partial charge in [-0.25, -0.2) is 14.4 Å². The summed E-state index contributed by atoms with van der Waals surface area (Å²) in [5, 5.41) is 48.7. The molecule has 6 aromatic rings. The zero-order valence-corrected chi connectivity index (χ0v) is 46.0. The van der Waals surface area contributed by atoms with Gasteiger partial charge < -0.3 is 20.8 Å². The summed E-state index contributed by atoms with van der Waals surface area (Å²) in [7, 11) is -20.5. The largest absolute Gasteiger partial charge is 0.478 e. The predicted octanol–water partition coefficient (Wildman–Crippen LogP) is 7.80. The van der Waals surface area contributed by atoms with Crippen molar-refractivity contribution >= 4 is 140 Å². The van der Waals surface area contributed by atoms with Crippen molar-refractivity contribution in [3.05, 3.63) is 155 Å². The van der Waals surface area contributed by atoms with Crippen LogP contribution in [0.5, 0.6) is 0 Å². The molecule has 0 fully saturated rings. The number of nitrogens with zero attached hydrogens (tertiary/aromatic N) is 8. The number of hydrogen-bond acceptors (Lipinski definition) is 19. The molecule has 2 aliphatic heterocycles. The Morgan fingerprint density at radius 2 is 0.845 bits per heavy atom. The Bertz CT molecular complexity index is 4190. The molecule has 2 unspecified atom stereocenters. The van der Waals surface area contributed by atoms with Gasteiger partial charge in [-0.3, -0.25) is 27.8 Å². The normalized spacial score (nSPS) is 16.1. The van der Waals surface area contributed by atoms with Gasteiger partial charge in [-0.2, -0.15) is 74.3 Å². The van der Waals surface area contributed by atoms with E-state index in [9.17, 15) is 86.1 Å². The summed E-state index contributed by atoms with van der Waals surface area (Å²) < 4.78 is 142. The molecule has 0 aromatic heterocycles. The number of benzene rings is 6. The highest BCUT2D eigenvalue weighted by molar-refractivity contribution is 7.86. The standard InChI is InChI=1S/C51H40N10O19S4/c1-27-45(56-54-37-9-5-3-7-35(37)49(64)65)47(62)60(58-27)33-19-17-31(41(25-33)81(69,70)71)15-11-29-13-21-39(43(23-29)83(75,76)77)52-51(68)53-40-22-14-30(24-44(40)84(78,79)80)12-16-32-18-20-34(26-42(32)82(72,73)74)61-48(63)46(28(2)59-61)57-55-38-10-6-4-8-36(38)50(66)67/h3-26,45-46H,1-2H3,(H,64,65)(H,66,67)(H2,52,53,68)(H,69,70,71)(H,72,73,74)(H,75,76,77)(H,78,79,80)/b15-11+,16-12+,56-54+,57-55+. The Morgan fingerprint density at radius 3 is 1.19 bits per heavy atom. The monoisotopic (exact) mass is 1220 g/mol. The third-order valence-electron chi connectivity index (χ3n) is 12.0. The number of carbonyl (C=O) groups excluding carboxylic acids is 3. The first-order valence-corrected chi connectivity index (χ1v) is 29.3. The minimum atomic E-state index is -5.20. The van der Waals surface area contributed by atoms with E-state index >= 15 is 0 Å². The Labute approximate surface area is 475 Å². The third-order valence-corrected chi connectivity index (χ3v) is 15.6. The summed E-state index contributed by atoms with van der Waals surface area (Å²) in [5.41, 5.74) is -2.30. The molecule has 8 rings (SSSR count). The van der Waals surface area contributed by atoms with E-state index in [0.29, 0.717) is 0 Å². The SMILES string of the molecule is CC1=NN(c2ccc(/C=C/c3ccc(NC(=O)Nc4ccc(/C=C/c5ccc(N6N=C(C)C(/N=N/c7ccccc7C(=O)O)C6=O)cc5S(=O)(=O)O)cc4S(=O)(=O)O)c(S(=O)(=O)O)c3)c(S(=O)(=O)O)c2)C(=O)C1/N=N/c1ccccc1C(=O)O. The molecule has 6 aromatic carbocycles. The van der Waals surface area contributed by atoms with Crippen LogP contribution in [0.3, 0.4) is 0 Å². The van der Waals surface area contributed by atoms with E-state index in [0.717, 1.165) is 82.9 Å². The zero-order valence-electron chi connectivity index (χ0n) is 42.7. The van der Waals surface area contributed by atoms with Crippen LogP contribution >= 0.6 is 0 Å². The lowest BCUT2D eigenvalue weighted by molar-refractivity contribution is -0.118. The summed E-state index contributed by atoms with van der Waals surface area (Å²) in [4.78, 5) is 60.0. The molecule has 33 heteroatoms. The maximum Gasteiger partial charge on any atom is 0.337 e. The minimum Gasteiger partial charge on any atom is -0.478 e. The topological polar surface area (TPSA) is 448 Å². The number of carboxylic acids is 2. The average Bonchev–Trinajstić information content (AvgIpc) is 3.23. The highest BCUT2D eigenvalue weighted by Gasteiger charge is 2.37. The third kappa shape index (κ3) is 13.5. The molecule has 8 N–H and O–H groups in total. The van der Waals surface area contributed by atoms with Crippen LogP contribution in [-0.2, 0) is 50.1 Å². The first kappa shape index (κ1) is 60.2. The van der Waals surface area contributed by atoms with Gasteiger partial charge in [0.2, 0.25) is 0 Å². The molecule has 0 spiro atoms. The molecule has 0 bridgehead atoms. The van der Waals surface area contributed by atoms with Crippen LogP contribution in [0, 0.1) is 0 Å². The highest BCUT2D eigenvalue weighted by atomic mass is 32.2. The minimum absolute atomic E-state index is 0.0501. The van der Waals surface area contributed by atoms with Gasteiger partial charge in [-0.05, 0) is 109 Å². The summed E-state index contributed by atoms with van der Waals surface area (Å²) in [6, 6.07) is 19.9. The fourth-order valence-corrected chi connectivity index (χ4v) is 10.8. The van der Waals surface area contributed by atoms with E-state index in [1.54, 1.807) is 0 Å². The zero-order chi connectivity index (χ0) is 61.2. The molecule has 2 aliphatic rings. The van der Waals surface area contributed by atoms with Gasteiger partial charge in [0, 0.05) is 0 Å². The predicted molar refractivity (Wildman–Crippen MR) is 300 cm³/mol. The van der Waals surface area contributed by atoms with Gasteiger partial charge in [0.25, 0.3) is 52.3 Å². The highest BCUT2D eigenvalue weighted by Crippen LogP contribution is 2.33. The van der Waals surface area contributed by atoms with Crippen LogP contribution in [0.4, 0.5) is 38.9 Å². The van der Waals surface area contributed by atoms with Crippen molar-refractivity contribution in [2.75, 3.05) is 20.7 Å². The lowest BCUT2D eigenvalue weighted by Gasteiger charge is -2.15. The van der Waals surface area contributed by atoms with E-state index in [1.165, 1.54) is 86.6 Å². The number of urea groups is 1. The Morgan fingerprint density at radius 1 is 0.488 bits per heavy atom. The fraction of sp³-hybridized carbons (Fsp3) is 0.0784. The number of rotatable bonds is 18. The Hall–Kier alpha value is -9.87. The lowest BCUT2D eigenvalue weighted by Crippen LogP contribution is -2.29. The number of carboxylic acid groups (broad SMARTS) is 2. The molecule has 0 radical (unpaired) electrons. The van der Waals surface area contributed by atoms with E-state index in [2.05, 4.69) is 41.3 Å². The first-order valence-electron chi connectivity index (χ1n) is 23.5. The molecule has 0 saturated carbocycles. The van der Waals surface area contributed by atoms with Crippen LogP contribution in [0.2, 0.25) is 0 Å². The maximum absolute atomic E-state index is 13.4. The number of azo groups is 2. The molecule has 4 amide bonds. The molecule has 432 valence electrons. The molecule has 29 nitrogen and oxygen atoms in total. The molecule has 2 atom stereocenters. The smallest absolute Gasteiger partial charge is 0.337 e. The van der Waals surface area contributed by atoms with Crippen molar-refractivity contribution < 1.29 is 86.1 Å². The summed E-state index contributed by atoms with van der Waals surface area (Å²) in [6.45, 7) is 2.84. The van der Waals surface area contributed by atoms with Crippen LogP contribution < -0.4 is 20.7 Å². The number of anilines is 4. The van der Waals surface area contributed by atoms with E-state index in [-0.39, 0.29) is 67.6 Å². The quantitative estimate of drug-likeness (QED) is 0.0231. The van der Waals surface area contributed by atoms with Crippen LogP contribution in [0.15, 0.2) is 172 Å². The van der Waals surface area contributed by atoms with Gasteiger partial charge in [0.15, 0.2) is 12.1 Å². The second-order valence-electron chi connectivity index (χ2n) is 17.8.